The molecule has 1 aliphatic rings. The van der Waals surface area contributed by atoms with Crippen LogP contribution in [0, 0.1) is 35.8 Å². The molecular weight excluding hydrogens is 318 g/mol. The topological polar surface area (TPSA) is 95.1 Å². The first kappa shape index (κ1) is 17.9. The summed E-state index contributed by atoms with van der Waals surface area (Å²) >= 11 is 0. The van der Waals surface area contributed by atoms with E-state index in [9.17, 15) is 18.5 Å². The maximum Gasteiger partial charge on any atom is 0.312 e. The van der Waals surface area contributed by atoms with Crippen molar-refractivity contribution < 1.29 is 13.3 Å². The number of hydrogen-bond donors (Lipinski definition) is 0. The van der Waals surface area contributed by atoms with Crippen molar-refractivity contribution in [3.8, 4) is 0 Å². The van der Waals surface area contributed by atoms with Gasteiger partial charge in [0.05, 0.1) is 10.7 Å². The van der Waals surface area contributed by atoms with Gasteiger partial charge in [-0.1, -0.05) is 6.92 Å². The summed E-state index contributed by atoms with van der Waals surface area (Å²) in [5, 5.41) is 15.3. The highest BCUT2D eigenvalue weighted by molar-refractivity contribution is 7.91. The largest absolute Gasteiger partial charge is 0.312 e. The fraction of sp³-hybridized carbons (Fsp3) is 0.800. The molecule has 0 spiro atoms. The van der Waals surface area contributed by atoms with Gasteiger partial charge < -0.3 is 0 Å². The number of nitro groups is 1. The molecule has 0 saturated heterocycles. The molecule has 0 atom stereocenters. The van der Waals surface area contributed by atoms with Crippen LogP contribution in [0.1, 0.15) is 44.0 Å². The molecule has 0 unspecified atom stereocenters. The van der Waals surface area contributed by atoms with Crippen molar-refractivity contribution in [1.29, 1.82) is 0 Å². The lowest BCUT2D eigenvalue weighted by atomic mass is 9.83. The molecule has 1 saturated carbocycles. The van der Waals surface area contributed by atoms with Crippen LogP contribution in [0.4, 0.5) is 5.69 Å². The third-order valence-electron chi connectivity index (χ3n) is 4.85. The minimum absolute atomic E-state index is 0.104. The third-order valence-corrected chi connectivity index (χ3v) is 6.71. The molecule has 8 heteroatoms. The number of aromatic nitrogens is 2. The van der Waals surface area contributed by atoms with E-state index >= 15 is 0 Å². The van der Waals surface area contributed by atoms with Crippen LogP contribution in [0.3, 0.4) is 0 Å². The maximum atomic E-state index is 11.7. The summed E-state index contributed by atoms with van der Waals surface area (Å²) in [6.45, 7) is 5.76. The molecule has 1 aromatic heterocycles. The van der Waals surface area contributed by atoms with Gasteiger partial charge in [-0.25, -0.2) is 8.42 Å². The summed E-state index contributed by atoms with van der Waals surface area (Å²) in [4.78, 5) is 10.7. The van der Waals surface area contributed by atoms with Gasteiger partial charge in [0.2, 0.25) is 0 Å². The lowest BCUT2D eigenvalue weighted by Gasteiger charge is -2.28. The van der Waals surface area contributed by atoms with E-state index in [0.29, 0.717) is 29.6 Å². The molecule has 0 radical (unpaired) electrons. The zero-order chi connectivity index (χ0) is 17.2. The fourth-order valence-electron chi connectivity index (χ4n) is 3.43. The molecule has 2 rings (SSSR count). The zero-order valence-corrected chi connectivity index (χ0v) is 14.8. The Bertz CT molecular complexity index is 673. The van der Waals surface area contributed by atoms with E-state index in [2.05, 4.69) is 5.10 Å². The Morgan fingerprint density at radius 2 is 1.78 bits per heavy atom. The van der Waals surface area contributed by atoms with Gasteiger partial charge in [0.15, 0.2) is 0 Å². The number of sulfone groups is 1. The van der Waals surface area contributed by atoms with Crippen LogP contribution in [0.15, 0.2) is 0 Å². The van der Waals surface area contributed by atoms with Crippen LogP contribution in [-0.4, -0.2) is 34.6 Å². The first-order valence-electron chi connectivity index (χ1n) is 8.12. The summed E-state index contributed by atoms with van der Waals surface area (Å²) in [7, 11) is -2.91. The Morgan fingerprint density at radius 3 is 2.26 bits per heavy atom. The zero-order valence-electron chi connectivity index (χ0n) is 14.0. The highest BCUT2D eigenvalue weighted by atomic mass is 32.2. The van der Waals surface area contributed by atoms with Crippen molar-refractivity contribution in [2.75, 3.05) is 11.5 Å². The fourth-order valence-corrected chi connectivity index (χ4v) is 4.72. The normalized spacial score (nSPS) is 22.2. The monoisotopic (exact) mass is 343 g/mol. The summed E-state index contributed by atoms with van der Waals surface area (Å²) in [6.07, 6.45) is 3.72. The molecule has 0 amide bonds. The molecule has 23 heavy (non-hydrogen) atoms. The second-order valence-electron chi connectivity index (χ2n) is 6.54. The molecule has 1 heterocycles. The van der Waals surface area contributed by atoms with E-state index in [-0.39, 0.29) is 22.3 Å². The summed E-state index contributed by atoms with van der Waals surface area (Å²) in [6, 6.07) is 0. The molecule has 0 aliphatic heterocycles. The van der Waals surface area contributed by atoms with E-state index in [1.54, 1.807) is 25.5 Å². The van der Waals surface area contributed by atoms with E-state index in [1.807, 2.05) is 0 Å². The molecule has 1 aliphatic carbocycles. The van der Waals surface area contributed by atoms with Crippen molar-refractivity contribution in [3.05, 3.63) is 21.5 Å². The number of aryl methyl sites for hydroxylation is 1. The smallest absolute Gasteiger partial charge is 0.262 e. The molecule has 0 N–H and O–H groups in total. The Morgan fingerprint density at radius 1 is 1.22 bits per heavy atom. The van der Waals surface area contributed by atoms with E-state index in [0.717, 1.165) is 25.7 Å². The van der Waals surface area contributed by atoms with Crippen LogP contribution in [0.5, 0.6) is 0 Å². The predicted molar refractivity (Wildman–Crippen MR) is 88.1 cm³/mol. The molecule has 0 aromatic carbocycles. The second kappa shape index (κ2) is 6.98. The van der Waals surface area contributed by atoms with Gasteiger partial charge in [-0.3, -0.25) is 14.8 Å². The van der Waals surface area contributed by atoms with Gasteiger partial charge in [-0.05, 0) is 51.4 Å². The first-order chi connectivity index (χ1) is 10.7. The molecule has 1 fully saturated rings. The SMILES string of the molecule is CCS(=O)(=O)CC1CCC(Cn2nc(C)c([N+](=O)[O-])c2C)CC1. The highest BCUT2D eigenvalue weighted by Gasteiger charge is 2.27. The first-order valence-corrected chi connectivity index (χ1v) is 9.94. The van der Waals surface area contributed by atoms with Crippen LogP contribution < -0.4 is 0 Å². The van der Waals surface area contributed by atoms with Gasteiger partial charge in [0.1, 0.15) is 21.2 Å². The van der Waals surface area contributed by atoms with Crippen molar-refractivity contribution >= 4 is 15.5 Å². The minimum atomic E-state index is -2.91. The second-order valence-corrected chi connectivity index (χ2v) is 8.94. The summed E-state index contributed by atoms with van der Waals surface area (Å²) in [5.74, 6) is 1.17. The quantitative estimate of drug-likeness (QED) is 0.584. The molecular formula is C15H25N3O4S. The van der Waals surface area contributed by atoms with E-state index in [4.69, 9.17) is 0 Å². The number of nitrogens with zero attached hydrogens (tertiary/aromatic N) is 3. The van der Waals surface area contributed by atoms with Gasteiger partial charge in [-0.15, -0.1) is 0 Å². The third kappa shape index (κ3) is 4.31. The van der Waals surface area contributed by atoms with E-state index < -0.39 is 9.84 Å². The van der Waals surface area contributed by atoms with Gasteiger partial charge >= 0.3 is 5.69 Å². The summed E-state index contributed by atoms with van der Waals surface area (Å²) in [5.41, 5.74) is 1.16. The van der Waals surface area contributed by atoms with Crippen molar-refractivity contribution in [1.82, 2.24) is 9.78 Å². The average Bonchev–Trinajstić information content (AvgIpc) is 2.75. The van der Waals surface area contributed by atoms with Crippen LogP contribution in [0.2, 0.25) is 0 Å². The van der Waals surface area contributed by atoms with Gasteiger partial charge in [0, 0.05) is 12.3 Å². The average molecular weight is 343 g/mol. The number of hydrogen-bond acceptors (Lipinski definition) is 5. The van der Waals surface area contributed by atoms with Crippen molar-refractivity contribution in [2.24, 2.45) is 11.8 Å². The molecule has 0 bridgehead atoms. The maximum absolute atomic E-state index is 11.7. The Balaban J connectivity index is 1.95. The molecule has 7 nitrogen and oxygen atoms in total. The van der Waals surface area contributed by atoms with Gasteiger partial charge in [0.25, 0.3) is 0 Å². The van der Waals surface area contributed by atoms with Crippen LogP contribution >= 0.6 is 0 Å². The highest BCUT2D eigenvalue weighted by Crippen LogP contribution is 2.32. The number of rotatable bonds is 6. The lowest BCUT2D eigenvalue weighted by molar-refractivity contribution is -0.386. The minimum Gasteiger partial charge on any atom is -0.262 e. The van der Waals surface area contributed by atoms with Crippen LogP contribution in [-0.2, 0) is 16.4 Å². The Kier molecular flexibility index (Phi) is 5.44. The lowest BCUT2D eigenvalue weighted by Crippen LogP contribution is -2.25. The Hall–Kier alpha value is -1.44. The van der Waals surface area contributed by atoms with E-state index in [1.165, 1.54) is 0 Å². The van der Waals surface area contributed by atoms with Crippen molar-refractivity contribution in [3.63, 3.8) is 0 Å². The Labute approximate surface area is 137 Å². The van der Waals surface area contributed by atoms with Crippen LogP contribution in [0.25, 0.3) is 0 Å². The molecule has 130 valence electrons. The standard InChI is InChI=1S/C15H25N3O4S/c1-4-23(21,22)10-14-7-5-13(6-8-14)9-17-12(3)15(18(19)20)11(2)16-17/h13-14H,4-10H2,1-3H3. The van der Waals surface area contributed by atoms with Gasteiger partial charge in [-0.2, -0.15) is 5.10 Å². The molecule has 1 aromatic rings. The summed E-state index contributed by atoms with van der Waals surface area (Å²) < 4.78 is 25.2. The predicted octanol–water partition coefficient (Wildman–Crippen LogP) is 2.65. The van der Waals surface area contributed by atoms with Crippen molar-refractivity contribution in [2.45, 2.75) is 53.0 Å².